The quantitative estimate of drug-likeness (QED) is 0.562. The molecular formula is C13H19NO4. The Balaban J connectivity index is 2.83. The third-order valence-electron chi connectivity index (χ3n) is 2.77. The highest BCUT2D eigenvalue weighted by molar-refractivity contribution is 5.70. The van der Waals surface area contributed by atoms with Crippen molar-refractivity contribution in [1.29, 1.82) is 0 Å². The highest BCUT2D eigenvalue weighted by atomic mass is 16.4. The minimum Gasteiger partial charge on any atom is -0.481 e. The number of hydrogen-bond acceptors (Lipinski definition) is 4. The molecule has 0 aliphatic carbocycles. The van der Waals surface area contributed by atoms with Crippen molar-refractivity contribution in [3.8, 4) is 0 Å². The van der Waals surface area contributed by atoms with Gasteiger partial charge >= 0.3 is 5.97 Å². The zero-order chi connectivity index (χ0) is 13.5. The minimum atomic E-state index is -1.06. The van der Waals surface area contributed by atoms with Crippen molar-refractivity contribution >= 4 is 5.97 Å². The van der Waals surface area contributed by atoms with Crippen molar-refractivity contribution < 1.29 is 20.1 Å². The van der Waals surface area contributed by atoms with Crippen LogP contribution < -0.4 is 5.32 Å². The van der Waals surface area contributed by atoms with Crippen LogP contribution in [-0.2, 0) is 11.2 Å². The number of rotatable bonds is 7. The molecule has 2 unspecified atom stereocenters. The molecule has 100 valence electrons. The van der Waals surface area contributed by atoms with Gasteiger partial charge in [0.1, 0.15) is 6.10 Å². The zero-order valence-corrected chi connectivity index (χ0v) is 10.3. The first-order chi connectivity index (χ1) is 8.56. The van der Waals surface area contributed by atoms with E-state index in [9.17, 15) is 15.0 Å². The van der Waals surface area contributed by atoms with Crippen molar-refractivity contribution in [1.82, 2.24) is 5.32 Å². The highest BCUT2D eigenvalue weighted by Crippen LogP contribution is 2.23. The molecule has 4 N–H and O–H groups in total. The van der Waals surface area contributed by atoms with Crippen molar-refractivity contribution in [3.05, 3.63) is 35.4 Å². The van der Waals surface area contributed by atoms with Crippen LogP contribution in [0.5, 0.6) is 0 Å². The summed E-state index contributed by atoms with van der Waals surface area (Å²) in [5, 5.41) is 31.5. The van der Waals surface area contributed by atoms with Gasteiger partial charge in [0.2, 0.25) is 0 Å². The van der Waals surface area contributed by atoms with Crippen LogP contribution in [0.1, 0.15) is 23.7 Å². The normalized spacial score (nSPS) is 14.2. The van der Waals surface area contributed by atoms with Crippen LogP contribution in [0.15, 0.2) is 24.3 Å². The maximum absolute atomic E-state index is 10.7. The Labute approximate surface area is 106 Å². The molecule has 2 atom stereocenters. The first-order valence-electron chi connectivity index (χ1n) is 5.86. The van der Waals surface area contributed by atoms with E-state index in [4.69, 9.17) is 5.11 Å². The fourth-order valence-electron chi connectivity index (χ4n) is 1.80. The lowest BCUT2D eigenvalue weighted by atomic mass is 9.95. The molecule has 0 saturated carbocycles. The molecule has 18 heavy (non-hydrogen) atoms. The highest BCUT2D eigenvalue weighted by Gasteiger charge is 2.21. The summed E-state index contributed by atoms with van der Waals surface area (Å²) in [5.74, 6) is -0.959. The second kappa shape index (κ2) is 7.10. The summed E-state index contributed by atoms with van der Waals surface area (Å²) in [7, 11) is 1.76. The molecule has 0 bridgehead atoms. The molecule has 0 aromatic heterocycles. The third-order valence-corrected chi connectivity index (χ3v) is 2.77. The van der Waals surface area contributed by atoms with Crippen LogP contribution in [0.3, 0.4) is 0 Å². The van der Waals surface area contributed by atoms with Gasteiger partial charge in [-0.2, -0.15) is 0 Å². The lowest BCUT2D eigenvalue weighted by molar-refractivity contribution is -0.136. The summed E-state index contributed by atoms with van der Waals surface area (Å²) < 4.78 is 0. The number of nitrogens with one attached hydrogen (secondary N) is 1. The average molecular weight is 253 g/mol. The maximum atomic E-state index is 10.7. The second-order valence-electron chi connectivity index (χ2n) is 4.17. The maximum Gasteiger partial charge on any atom is 0.307 e. The van der Waals surface area contributed by atoms with Crippen molar-refractivity contribution in [2.75, 3.05) is 13.6 Å². The molecule has 1 aromatic carbocycles. The Morgan fingerprint density at radius 3 is 2.61 bits per heavy atom. The van der Waals surface area contributed by atoms with E-state index in [1.807, 2.05) is 0 Å². The molecule has 0 amide bonds. The van der Waals surface area contributed by atoms with E-state index < -0.39 is 18.2 Å². The molecule has 0 saturated heterocycles. The number of aliphatic hydroxyl groups excluding tert-OH is 2. The van der Waals surface area contributed by atoms with Gasteiger partial charge in [0.05, 0.1) is 12.5 Å². The van der Waals surface area contributed by atoms with Gasteiger partial charge in [0, 0.05) is 0 Å². The van der Waals surface area contributed by atoms with Gasteiger partial charge in [-0.1, -0.05) is 24.3 Å². The molecule has 1 aromatic rings. The Bertz CT molecular complexity index is 394. The van der Waals surface area contributed by atoms with E-state index >= 15 is 0 Å². The van der Waals surface area contributed by atoms with Gasteiger partial charge in [0.25, 0.3) is 0 Å². The van der Waals surface area contributed by atoms with Gasteiger partial charge in [-0.3, -0.25) is 4.79 Å². The summed E-state index contributed by atoms with van der Waals surface area (Å²) in [6.07, 6.45) is -1.73. The van der Waals surface area contributed by atoms with E-state index in [1.165, 1.54) is 0 Å². The first-order valence-corrected chi connectivity index (χ1v) is 5.86. The topological polar surface area (TPSA) is 89.8 Å². The summed E-state index contributed by atoms with van der Waals surface area (Å²) in [6, 6.07) is 6.73. The van der Waals surface area contributed by atoms with Gasteiger partial charge in [0.15, 0.2) is 0 Å². The van der Waals surface area contributed by atoms with Crippen LogP contribution >= 0.6 is 0 Å². The molecule has 0 radical (unpaired) electrons. The number of benzene rings is 1. The predicted octanol–water partition coefficient (Wildman–Crippen LogP) is 0.318. The van der Waals surface area contributed by atoms with E-state index in [1.54, 1.807) is 31.3 Å². The number of hydrogen-bond donors (Lipinski definition) is 4. The van der Waals surface area contributed by atoms with Crippen molar-refractivity contribution in [3.63, 3.8) is 0 Å². The average Bonchev–Trinajstić information content (AvgIpc) is 2.35. The van der Waals surface area contributed by atoms with Crippen molar-refractivity contribution in [2.24, 2.45) is 0 Å². The van der Waals surface area contributed by atoms with E-state index in [2.05, 4.69) is 5.32 Å². The monoisotopic (exact) mass is 253 g/mol. The molecule has 0 fully saturated rings. The SMILES string of the molecule is CNCCC(O)C(O)c1ccccc1CC(=O)O. The molecular weight excluding hydrogens is 234 g/mol. The smallest absolute Gasteiger partial charge is 0.307 e. The minimum absolute atomic E-state index is 0.161. The molecule has 0 aliphatic rings. The Morgan fingerprint density at radius 1 is 1.33 bits per heavy atom. The zero-order valence-electron chi connectivity index (χ0n) is 10.3. The Hall–Kier alpha value is -1.43. The van der Waals surface area contributed by atoms with Crippen LogP contribution in [0, 0.1) is 0 Å². The Morgan fingerprint density at radius 2 is 2.00 bits per heavy atom. The van der Waals surface area contributed by atoms with E-state index in [0.29, 0.717) is 24.1 Å². The molecule has 0 spiro atoms. The third kappa shape index (κ3) is 4.10. The molecule has 5 heteroatoms. The number of carboxylic acids is 1. The van der Waals surface area contributed by atoms with Gasteiger partial charge in [-0.05, 0) is 31.1 Å². The van der Waals surface area contributed by atoms with Crippen molar-refractivity contribution in [2.45, 2.75) is 25.0 Å². The first kappa shape index (κ1) is 14.6. The second-order valence-corrected chi connectivity index (χ2v) is 4.17. The van der Waals surface area contributed by atoms with E-state index in [0.717, 1.165) is 0 Å². The Kier molecular flexibility index (Phi) is 5.77. The number of carboxylic acid groups (broad SMARTS) is 1. The number of carbonyl (C=O) groups is 1. The summed E-state index contributed by atoms with van der Waals surface area (Å²) in [6.45, 7) is 0.583. The van der Waals surface area contributed by atoms with Gasteiger partial charge in [-0.25, -0.2) is 0 Å². The molecule has 0 aliphatic heterocycles. The van der Waals surface area contributed by atoms with Crippen LogP contribution in [0.4, 0.5) is 0 Å². The molecule has 1 rings (SSSR count). The fourth-order valence-corrected chi connectivity index (χ4v) is 1.80. The van der Waals surface area contributed by atoms with Gasteiger partial charge in [-0.15, -0.1) is 0 Å². The largest absolute Gasteiger partial charge is 0.481 e. The lowest BCUT2D eigenvalue weighted by Crippen LogP contribution is -2.24. The molecule has 0 heterocycles. The number of aliphatic hydroxyl groups is 2. The summed E-state index contributed by atoms with van der Waals surface area (Å²) in [5.41, 5.74) is 1.00. The fraction of sp³-hybridized carbons (Fsp3) is 0.462. The predicted molar refractivity (Wildman–Crippen MR) is 67.3 cm³/mol. The lowest BCUT2D eigenvalue weighted by Gasteiger charge is -2.20. The number of aliphatic carboxylic acids is 1. The van der Waals surface area contributed by atoms with Crippen LogP contribution in [0.25, 0.3) is 0 Å². The van der Waals surface area contributed by atoms with Gasteiger partial charge < -0.3 is 20.6 Å². The summed E-state index contributed by atoms with van der Waals surface area (Å²) in [4.78, 5) is 10.7. The standard InChI is InChI=1S/C13H19NO4/c1-14-7-6-11(15)13(18)10-5-3-2-4-9(10)8-12(16)17/h2-5,11,13-15,18H,6-8H2,1H3,(H,16,17). The molecule has 5 nitrogen and oxygen atoms in total. The van der Waals surface area contributed by atoms with E-state index in [-0.39, 0.29) is 6.42 Å². The van der Waals surface area contributed by atoms with Crippen LogP contribution in [-0.4, -0.2) is 41.0 Å². The van der Waals surface area contributed by atoms with Crippen LogP contribution in [0.2, 0.25) is 0 Å². The summed E-state index contributed by atoms with van der Waals surface area (Å²) >= 11 is 0.